The predicted octanol–water partition coefficient (Wildman–Crippen LogP) is 2.18. The van der Waals surface area contributed by atoms with Gasteiger partial charge in [-0.25, -0.2) is 5.01 Å². The Kier molecular flexibility index (Phi) is 3.87. The molecule has 0 saturated carbocycles. The predicted molar refractivity (Wildman–Crippen MR) is 72.9 cm³/mol. The SMILES string of the molecule is CC1CCCC(C)N1NC(=O)c1ccc(N)cc1. The van der Waals surface area contributed by atoms with E-state index in [1.807, 2.05) is 0 Å². The van der Waals surface area contributed by atoms with Crippen LogP contribution in [0.1, 0.15) is 43.5 Å². The van der Waals surface area contributed by atoms with E-state index in [1.165, 1.54) is 6.42 Å². The van der Waals surface area contributed by atoms with Gasteiger partial charge in [-0.3, -0.25) is 10.2 Å². The molecular formula is C14H21N3O. The van der Waals surface area contributed by atoms with Crippen molar-refractivity contribution in [2.45, 2.75) is 45.2 Å². The van der Waals surface area contributed by atoms with E-state index in [-0.39, 0.29) is 5.91 Å². The molecule has 0 aliphatic carbocycles. The van der Waals surface area contributed by atoms with E-state index in [9.17, 15) is 4.79 Å². The molecule has 1 amide bonds. The first-order valence-corrected chi connectivity index (χ1v) is 6.53. The molecule has 2 unspecified atom stereocenters. The lowest BCUT2D eigenvalue weighted by Gasteiger charge is -2.38. The highest BCUT2D eigenvalue weighted by Gasteiger charge is 2.26. The third-order valence-corrected chi connectivity index (χ3v) is 3.60. The summed E-state index contributed by atoms with van der Waals surface area (Å²) in [7, 11) is 0. The summed E-state index contributed by atoms with van der Waals surface area (Å²) in [6.07, 6.45) is 3.50. The van der Waals surface area contributed by atoms with Crippen molar-refractivity contribution in [3.05, 3.63) is 29.8 Å². The average molecular weight is 247 g/mol. The summed E-state index contributed by atoms with van der Waals surface area (Å²) in [6.45, 7) is 4.30. The minimum absolute atomic E-state index is 0.0596. The molecule has 3 N–H and O–H groups in total. The van der Waals surface area contributed by atoms with Gasteiger partial charge in [0.1, 0.15) is 0 Å². The van der Waals surface area contributed by atoms with E-state index in [0.717, 1.165) is 12.8 Å². The number of amides is 1. The summed E-state index contributed by atoms with van der Waals surface area (Å²) in [5, 5.41) is 2.07. The number of carbonyl (C=O) groups excluding carboxylic acids is 1. The number of nitrogen functional groups attached to an aromatic ring is 1. The highest BCUT2D eigenvalue weighted by molar-refractivity contribution is 5.94. The number of anilines is 1. The van der Waals surface area contributed by atoms with Gasteiger partial charge >= 0.3 is 0 Å². The second kappa shape index (κ2) is 5.40. The number of nitrogens with two attached hydrogens (primary N) is 1. The largest absolute Gasteiger partial charge is 0.399 e. The van der Waals surface area contributed by atoms with Crippen LogP contribution in [0.2, 0.25) is 0 Å². The van der Waals surface area contributed by atoms with Gasteiger partial charge in [-0.15, -0.1) is 0 Å². The number of piperidine rings is 1. The molecule has 1 aromatic rings. The van der Waals surface area contributed by atoms with Gasteiger partial charge in [0.2, 0.25) is 0 Å². The van der Waals surface area contributed by atoms with Crippen LogP contribution >= 0.6 is 0 Å². The fourth-order valence-corrected chi connectivity index (χ4v) is 2.46. The Bertz CT molecular complexity index is 406. The Labute approximate surface area is 108 Å². The highest BCUT2D eigenvalue weighted by Crippen LogP contribution is 2.20. The zero-order chi connectivity index (χ0) is 13.1. The molecule has 4 nitrogen and oxygen atoms in total. The molecule has 2 rings (SSSR count). The fourth-order valence-electron chi connectivity index (χ4n) is 2.46. The van der Waals surface area contributed by atoms with Gasteiger partial charge in [-0.2, -0.15) is 0 Å². The van der Waals surface area contributed by atoms with Crippen LogP contribution in [0.4, 0.5) is 5.69 Å². The third-order valence-electron chi connectivity index (χ3n) is 3.60. The molecule has 4 heteroatoms. The van der Waals surface area contributed by atoms with E-state index in [2.05, 4.69) is 24.3 Å². The number of carbonyl (C=O) groups is 1. The maximum atomic E-state index is 12.1. The number of hydrogen-bond acceptors (Lipinski definition) is 3. The Morgan fingerprint density at radius 3 is 2.33 bits per heavy atom. The Balaban J connectivity index is 2.04. The molecular weight excluding hydrogens is 226 g/mol. The Morgan fingerprint density at radius 1 is 1.22 bits per heavy atom. The van der Waals surface area contributed by atoms with E-state index in [1.54, 1.807) is 24.3 Å². The first-order chi connectivity index (χ1) is 8.58. The van der Waals surface area contributed by atoms with Crippen molar-refractivity contribution in [2.75, 3.05) is 5.73 Å². The lowest BCUT2D eigenvalue weighted by molar-refractivity contribution is 0.0370. The van der Waals surface area contributed by atoms with Crippen LogP contribution in [-0.2, 0) is 0 Å². The summed E-state index contributed by atoms with van der Waals surface area (Å²) in [5.74, 6) is -0.0596. The normalized spacial score (nSPS) is 24.8. The number of nitrogens with one attached hydrogen (secondary N) is 1. The van der Waals surface area contributed by atoms with Crippen LogP contribution in [0.5, 0.6) is 0 Å². The summed E-state index contributed by atoms with van der Waals surface area (Å²) >= 11 is 0. The van der Waals surface area contributed by atoms with E-state index in [4.69, 9.17) is 5.73 Å². The minimum Gasteiger partial charge on any atom is -0.399 e. The third kappa shape index (κ3) is 2.82. The minimum atomic E-state index is -0.0596. The van der Waals surface area contributed by atoms with Gasteiger partial charge in [0.25, 0.3) is 5.91 Å². The van der Waals surface area contributed by atoms with E-state index in [0.29, 0.717) is 23.3 Å². The average Bonchev–Trinajstić information content (AvgIpc) is 2.34. The molecule has 1 aliphatic rings. The zero-order valence-corrected chi connectivity index (χ0v) is 11.0. The van der Waals surface area contributed by atoms with E-state index < -0.39 is 0 Å². The molecule has 0 bridgehead atoms. The van der Waals surface area contributed by atoms with Crippen molar-refractivity contribution >= 4 is 11.6 Å². The fraction of sp³-hybridized carbons (Fsp3) is 0.500. The standard InChI is InChI=1S/C14H21N3O/c1-10-4-3-5-11(2)17(10)16-14(18)12-6-8-13(15)9-7-12/h6-11H,3-5,15H2,1-2H3,(H,16,18). The van der Waals surface area contributed by atoms with Crippen molar-refractivity contribution in [2.24, 2.45) is 0 Å². The molecule has 18 heavy (non-hydrogen) atoms. The van der Waals surface area contributed by atoms with Crippen LogP contribution in [0.25, 0.3) is 0 Å². The van der Waals surface area contributed by atoms with Crippen LogP contribution < -0.4 is 11.2 Å². The number of nitrogens with zero attached hydrogens (tertiary/aromatic N) is 1. The second-order valence-electron chi connectivity index (χ2n) is 5.10. The van der Waals surface area contributed by atoms with Gasteiger partial charge in [-0.1, -0.05) is 6.42 Å². The summed E-state index contributed by atoms with van der Waals surface area (Å²) in [5.41, 5.74) is 9.94. The van der Waals surface area contributed by atoms with Crippen molar-refractivity contribution in [3.8, 4) is 0 Å². The van der Waals surface area contributed by atoms with Gasteiger partial charge < -0.3 is 5.73 Å². The van der Waals surface area contributed by atoms with Crippen molar-refractivity contribution in [3.63, 3.8) is 0 Å². The molecule has 1 aromatic carbocycles. The molecule has 1 aliphatic heterocycles. The van der Waals surface area contributed by atoms with Gasteiger partial charge in [0.05, 0.1) is 0 Å². The Morgan fingerprint density at radius 2 is 1.78 bits per heavy atom. The van der Waals surface area contributed by atoms with Crippen LogP contribution in [-0.4, -0.2) is 23.0 Å². The smallest absolute Gasteiger partial charge is 0.265 e. The van der Waals surface area contributed by atoms with E-state index >= 15 is 0 Å². The second-order valence-corrected chi connectivity index (χ2v) is 5.10. The maximum absolute atomic E-state index is 12.1. The van der Waals surface area contributed by atoms with Crippen LogP contribution in [0.3, 0.4) is 0 Å². The molecule has 1 heterocycles. The van der Waals surface area contributed by atoms with Gasteiger partial charge in [0, 0.05) is 23.3 Å². The molecule has 0 spiro atoms. The summed E-state index contributed by atoms with van der Waals surface area (Å²) in [6, 6.07) is 7.79. The number of hydrazine groups is 1. The Hall–Kier alpha value is -1.55. The molecule has 2 atom stereocenters. The lowest BCUT2D eigenvalue weighted by Crippen LogP contribution is -2.54. The first kappa shape index (κ1) is 12.9. The lowest BCUT2D eigenvalue weighted by atomic mass is 10.00. The molecule has 1 saturated heterocycles. The van der Waals surface area contributed by atoms with Crippen molar-refractivity contribution in [1.29, 1.82) is 0 Å². The molecule has 98 valence electrons. The highest BCUT2D eigenvalue weighted by atomic mass is 16.2. The van der Waals surface area contributed by atoms with Crippen molar-refractivity contribution in [1.82, 2.24) is 10.4 Å². The topological polar surface area (TPSA) is 58.4 Å². The molecule has 1 fully saturated rings. The number of benzene rings is 1. The maximum Gasteiger partial charge on any atom is 0.265 e. The zero-order valence-electron chi connectivity index (χ0n) is 11.0. The van der Waals surface area contributed by atoms with Gasteiger partial charge in [0.15, 0.2) is 0 Å². The number of hydrogen-bond donors (Lipinski definition) is 2. The quantitative estimate of drug-likeness (QED) is 0.787. The van der Waals surface area contributed by atoms with Gasteiger partial charge in [-0.05, 0) is 51.0 Å². The monoisotopic (exact) mass is 247 g/mol. The molecule has 0 radical (unpaired) electrons. The molecule has 0 aromatic heterocycles. The number of rotatable bonds is 2. The van der Waals surface area contributed by atoms with Crippen molar-refractivity contribution < 1.29 is 4.79 Å². The summed E-state index contributed by atoms with van der Waals surface area (Å²) < 4.78 is 0. The van der Waals surface area contributed by atoms with Crippen LogP contribution in [0.15, 0.2) is 24.3 Å². The van der Waals surface area contributed by atoms with Crippen LogP contribution in [0, 0.1) is 0 Å². The summed E-state index contributed by atoms with van der Waals surface area (Å²) in [4.78, 5) is 12.1. The first-order valence-electron chi connectivity index (χ1n) is 6.53.